The average Bonchev–Trinajstić information content (AvgIpc) is 3.23. The maximum absolute atomic E-state index is 10.9. The Morgan fingerprint density at radius 3 is 2.64 bits per heavy atom. The topological polar surface area (TPSA) is 66.8 Å². The molecule has 1 heterocycles. The average molecular weight is 441 g/mol. The highest BCUT2D eigenvalue weighted by atomic mass is 35.5. The molecule has 1 aliphatic rings. The molecule has 0 spiro atoms. The Balaban J connectivity index is 1.52. The number of thiophene rings is 1. The van der Waals surface area contributed by atoms with Crippen LogP contribution >= 0.6 is 34.5 Å². The number of ether oxygens (including phenoxy) is 1. The number of aliphatic hydroxyl groups excluding tert-OH is 1. The van der Waals surface area contributed by atoms with Crippen molar-refractivity contribution in [3.63, 3.8) is 0 Å². The second-order valence-corrected chi connectivity index (χ2v) is 9.01. The molecule has 3 atom stereocenters. The van der Waals surface area contributed by atoms with Crippen LogP contribution in [0.4, 0.5) is 0 Å². The van der Waals surface area contributed by atoms with Crippen molar-refractivity contribution in [1.82, 2.24) is 0 Å². The third-order valence-electron chi connectivity index (χ3n) is 4.93. The number of carboxylic acids is 1. The summed E-state index contributed by atoms with van der Waals surface area (Å²) < 4.78 is 5.78. The van der Waals surface area contributed by atoms with Gasteiger partial charge in [-0.25, -0.2) is 4.79 Å². The van der Waals surface area contributed by atoms with Crippen LogP contribution in [0.5, 0.6) is 0 Å². The van der Waals surface area contributed by atoms with E-state index >= 15 is 0 Å². The highest BCUT2D eigenvalue weighted by Gasteiger charge is 2.33. The van der Waals surface area contributed by atoms with Gasteiger partial charge in [0.1, 0.15) is 4.88 Å². The fraction of sp³-hybridized carbons (Fsp3) is 0.381. The molecular weight excluding hydrogens is 419 g/mol. The molecule has 28 heavy (non-hydrogen) atoms. The van der Waals surface area contributed by atoms with E-state index in [0.717, 1.165) is 29.7 Å². The van der Waals surface area contributed by atoms with Crippen molar-refractivity contribution < 1.29 is 19.7 Å². The van der Waals surface area contributed by atoms with Gasteiger partial charge in [0.05, 0.1) is 19.3 Å². The maximum atomic E-state index is 10.9. The van der Waals surface area contributed by atoms with Gasteiger partial charge in [0, 0.05) is 20.8 Å². The number of rotatable bonds is 8. The molecule has 0 amide bonds. The van der Waals surface area contributed by atoms with E-state index in [4.69, 9.17) is 33.0 Å². The maximum Gasteiger partial charge on any atom is 0.345 e. The summed E-state index contributed by atoms with van der Waals surface area (Å²) in [6.07, 6.45) is 6.27. The quantitative estimate of drug-likeness (QED) is 0.535. The lowest BCUT2D eigenvalue weighted by Gasteiger charge is -2.19. The van der Waals surface area contributed by atoms with Crippen molar-refractivity contribution >= 4 is 40.5 Å². The minimum absolute atomic E-state index is 0.0399. The van der Waals surface area contributed by atoms with Gasteiger partial charge in [-0.05, 0) is 61.1 Å². The van der Waals surface area contributed by atoms with Gasteiger partial charge < -0.3 is 14.9 Å². The van der Waals surface area contributed by atoms with Gasteiger partial charge in [-0.3, -0.25) is 0 Å². The van der Waals surface area contributed by atoms with E-state index < -0.39 is 5.97 Å². The molecule has 0 saturated heterocycles. The number of allylic oxidation sites excluding steroid dienone is 2. The van der Waals surface area contributed by atoms with E-state index in [1.165, 1.54) is 11.3 Å². The molecule has 3 rings (SSSR count). The van der Waals surface area contributed by atoms with Crippen LogP contribution in [0.3, 0.4) is 0 Å². The van der Waals surface area contributed by atoms with E-state index in [2.05, 4.69) is 12.2 Å². The molecule has 1 fully saturated rings. The van der Waals surface area contributed by atoms with Crippen LogP contribution in [-0.4, -0.2) is 28.9 Å². The van der Waals surface area contributed by atoms with Crippen molar-refractivity contribution in [2.45, 2.75) is 32.0 Å². The monoisotopic (exact) mass is 440 g/mol. The summed E-state index contributed by atoms with van der Waals surface area (Å²) in [6.45, 7) is 0.804. The molecule has 4 nitrogen and oxygen atoms in total. The zero-order chi connectivity index (χ0) is 20.1. The molecule has 1 aromatic carbocycles. The molecule has 1 aromatic heterocycles. The van der Waals surface area contributed by atoms with E-state index in [-0.39, 0.29) is 17.9 Å². The van der Waals surface area contributed by atoms with Crippen molar-refractivity contribution in [3.05, 3.63) is 67.8 Å². The van der Waals surface area contributed by atoms with Gasteiger partial charge in [-0.1, -0.05) is 35.4 Å². The number of aliphatic hydroxyl groups is 1. The Hall–Kier alpha value is -1.37. The smallest absolute Gasteiger partial charge is 0.345 e. The molecule has 2 N–H and O–H groups in total. The molecule has 1 aliphatic carbocycles. The Labute approximate surface area is 178 Å². The lowest BCUT2D eigenvalue weighted by atomic mass is 9.94. The van der Waals surface area contributed by atoms with Crippen LogP contribution in [0.2, 0.25) is 10.0 Å². The fourth-order valence-electron chi connectivity index (χ4n) is 3.52. The largest absolute Gasteiger partial charge is 0.477 e. The second kappa shape index (κ2) is 9.90. The predicted octanol–water partition coefficient (Wildman–Crippen LogP) is 5.46. The summed E-state index contributed by atoms with van der Waals surface area (Å²) in [5, 5.41) is 20.5. The molecule has 1 saturated carbocycles. The van der Waals surface area contributed by atoms with Crippen LogP contribution in [-0.2, 0) is 17.8 Å². The lowest BCUT2D eigenvalue weighted by Crippen LogP contribution is -2.23. The summed E-state index contributed by atoms with van der Waals surface area (Å²) in [5.41, 5.74) is 1.05. The Morgan fingerprint density at radius 2 is 1.96 bits per heavy atom. The molecule has 0 unspecified atom stereocenters. The summed E-state index contributed by atoms with van der Waals surface area (Å²) in [5.74, 6) is -0.630. The Morgan fingerprint density at radius 1 is 1.21 bits per heavy atom. The number of benzene rings is 1. The highest BCUT2D eigenvalue weighted by molar-refractivity contribution is 7.13. The van der Waals surface area contributed by atoms with Crippen molar-refractivity contribution in [2.75, 3.05) is 6.61 Å². The van der Waals surface area contributed by atoms with Gasteiger partial charge in [0.25, 0.3) is 0 Å². The molecule has 7 heteroatoms. The first-order valence-electron chi connectivity index (χ1n) is 9.12. The third-order valence-corrected chi connectivity index (χ3v) is 6.41. The Kier molecular flexibility index (Phi) is 7.55. The molecule has 0 bridgehead atoms. The molecule has 0 aliphatic heterocycles. The zero-order valence-electron chi connectivity index (χ0n) is 15.2. The lowest BCUT2D eigenvalue weighted by molar-refractivity contribution is 0.0285. The minimum atomic E-state index is -0.923. The van der Waals surface area contributed by atoms with Crippen molar-refractivity contribution in [3.8, 4) is 0 Å². The minimum Gasteiger partial charge on any atom is -0.477 e. The van der Waals surface area contributed by atoms with E-state index in [0.29, 0.717) is 28.1 Å². The molecule has 0 radical (unpaired) electrons. The summed E-state index contributed by atoms with van der Waals surface area (Å²) in [4.78, 5) is 12.1. The van der Waals surface area contributed by atoms with Crippen LogP contribution in [0.25, 0.3) is 0 Å². The van der Waals surface area contributed by atoms with Crippen LogP contribution < -0.4 is 0 Å². The van der Waals surface area contributed by atoms with E-state index in [1.54, 1.807) is 18.2 Å². The number of halogens is 2. The van der Waals surface area contributed by atoms with Crippen molar-refractivity contribution in [1.29, 1.82) is 0 Å². The van der Waals surface area contributed by atoms with Crippen LogP contribution in [0.1, 0.15) is 33.0 Å². The van der Waals surface area contributed by atoms with Gasteiger partial charge in [-0.2, -0.15) is 0 Å². The normalized spacial score (nSPS) is 22.2. The second-order valence-electron chi connectivity index (χ2n) is 6.97. The third kappa shape index (κ3) is 5.82. The number of hydrogen-bond donors (Lipinski definition) is 2. The highest BCUT2D eigenvalue weighted by Crippen LogP contribution is 2.34. The van der Waals surface area contributed by atoms with Crippen molar-refractivity contribution in [2.24, 2.45) is 11.8 Å². The molecular formula is C21H22Cl2O4S. The molecule has 2 aromatic rings. The van der Waals surface area contributed by atoms with Crippen LogP contribution in [0, 0.1) is 11.8 Å². The summed E-state index contributed by atoms with van der Waals surface area (Å²) in [7, 11) is 0. The van der Waals surface area contributed by atoms with E-state index in [9.17, 15) is 9.90 Å². The van der Waals surface area contributed by atoms with Gasteiger partial charge in [0.2, 0.25) is 0 Å². The first-order valence-corrected chi connectivity index (χ1v) is 10.7. The SMILES string of the molecule is O=C(O)c1ccc(COC[C@H]2[C@H](O)CC[C@@H]2/C=C\Cc2cc(Cl)cc(Cl)c2)s1. The number of carboxylic acid groups (broad SMARTS) is 1. The van der Waals surface area contributed by atoms with E-state index in [1.807, 2.05) is 12.1 Å². The first-order chi connectivity index (χ1) is 13.4. The number of aromatic carboxylic acids is 1. The fourth-order valence-corrected chi connectivity index (χ4v) is 4.88. The standard InChI is InChI=1S/C21H22Cl2O4S/c22-15-8-13(9-16(23)10-15)2-1-3-14-4-6-19(24)18(14)12-27-11-17-5-7-20(28-17)21(25)26/h1,3,5,7-10,14,18-19,24H,2,4,6,11-12H2,(H,25,26)/b3-1-/t14-,18+,19+/m0/s1. The predicted molar refractivity (Wildman–Crippen MR) is 112 cm³/mol. The zero-order valence-corrected chi connectivity index (χ0v) is 17.5. The van der Waals surface area contributed by atoms with Gasteiger partial charge >= 0.3 is 5.97 Å². The Bertz CT molecular complexity index is 828. The summed E-state index contributed by atoms with van der Waals surface area (Å²) in [6, 6.07) is 8.86. The van der Waals surface area contributed by atoms with Crippen LogP contribution in [0.15, 0.2) is 42.5 Å². The first kappa shape index (κ1) is 21.3. The van der Waals surface area contributed by atoms with Gasteiger partial charge in [0.15, 0.2) is 0 Å². The molecule has 150 valence electrons. The number of hydrogen-bond acceptors (Lipinski definition) is 4. The number of carbonyl (C=O) groups is 1. The van der Waals surface area contributed by atoms with Gasteiger partial charge in [-0.15, -0.1) is 11.3 Å². The summed E-state index contributed by atoms with van der Waals surface area (Å²) >= 11 is 13.3.